The van der Waals surface area contributed by atoms with E-state index in [1.165, 1.54) is 0 Å². The first-order chi connectivity index (χ1) is 8.16. The van der Waals surface area contributed by atoms with E-state index in [1.54, 1.807) is 30.6 Å². The Balaban J connectivity index is 2.37. The lowest BCUT2D eigenvalue weighted by atomic mass is 10.1. The lowest BCUT2D eigenvalue weighted by Gasteiger charge is -2.10. The Morgan fingerprint density at radius 3 is 2.82 bits per heavy atom. The van der Waals surface area contributed by atoms with Crippen molar-refractivity contribution in [3.05, 3.63) is 53.9 Å². The summed E-state index contributed by atoms with van der Waals surface area (Å²) in [5, 5.41) is 7.49. The van der Waals surface area contributed by atoms with Crippen LogP contribution in [-0.4, -0.2) is 10.8 Å². The number of amidine groups is 1. The average molecular weight is 227 g/mol. The summed E-state index contributed by atoms with van der Waals surface area (Å²) < 4.78 is 5.67. The Labute approximate surface area is 99.6 Å². The summed E-state index contributed by atoms with van der Waals surface area (Å²) in [5.41, 5.74) is 7.14. The largest absolute Gasteiger partial charge is 0.455 e. The van der Waals surface area contributed by atoms with Crippen LogP contribution in [0.15, 0.2) is 42.7 Å². The Morgan fingerprint density at radius 2 is 2.18 bits per heavy atom. The van der Waals surface area contributed by atoms with Crippen molar-refractivity contribution in [1.29, 1.82) is 5.41 Å². The molecule has 1 heterocycles. The van der Waals surface area contributed by atoms with Gasteiger partial charge in [0.05, 0.1) is 11.8 Å². The molecule has 0 aliphatic carbocycles. The molecule has 0 amide bonds. The topological polar surface area (TPSA) is 72.0 Å². The van der Waals surface area contributed by atoms with Gasteiger partial charge in [-0.15, -0.1) is 0 Å². The van der Waals surface area contributed by atoms with E-state index in [4.69, 9.17) is 15.9 Å². The number of benzene rings is 1. The molecule has 17 heavy (non-hydrogen) atoms. The quantitative estimate of drug-likeness (QED) is 0.625. The van der Waals surface area contributed by atoms with E-state index in [2.05, 4.69) is 4.98 Å². The van der Waals surface area contributed by atoms with Crippen LogP contribution in [0.1, 0.15) is 11.1 Å². The number of hydrogen-bond acceptors (Lipinski definition) is 3. The van der Waals surface area contributed by atoms with Gasteiger partial charge in [0.25, 0.3) is 0 Å². The van der Waals surface area contributed by atoms with E-state index >= 15 is 0 Å². The molecule has 4 heteroatoms. The maximum absolute atomic E-state index is 7.49. The number of pyridine rings is 1. The molecule has 0 saturated carbocycles. The van der Waals surface area contributed by atoms with Gasteiger partial charge in [-0.2, -0.15) is 0 Å². The smallest absolute Gasteiger partial charge is 0.145 e. The van der Waals surface area contributed by atoms with E-state index in [0.29, 0.717) is 17.1 Å². The molecular weight excluding hydrogens is 214 g/mol. The van der Waals surface area contributed by atoms with Crippen LogP contribution in [0.3, 0.4) is 0 Å². The van der Waals surface area contributed by atoms with Crippen molar-refractivity contribution in [1.82, 2.24) is 4.98 Å². The Bertz CT molecular complexity index is 538. The molecule has 86 valence electrons. The molecule has 0 aliphatic heterocycles. The monoisotopic (exact) mass is 227 g/mol. The number of aromatic nitrogens is 1. The van der Waals surface area contributed by atoms with Crippen LogP contribution in [0.2, 0.25) is 0 Å². The van der Waals surface area contributed by atoms with Crippen molar-refractivity contribution in [2.24, 2.45) is 5.73 Å². The molecule has 3 N–H and O–H groups in total. The van der Waals surface area contributed by atoms with Gasteiger partial charge in [-0.1, -0.05) is 6.07 Å². The van der Waals surface area contributed by atoms with Crippen molar-refractivity contribution in [2.75, 3.05) is 0 Å². The van der Waals surface area contributed by atoms with E-state index in [1.807, 2.05) is 19.1 Å². The van der Waals surface area contributed by atoms with Gasteiger partial charge in [0.1, 0.15) is 17.3 Å². The predicted octanol–water partition coefficient (Wildman–Crippen LogP) is 2.47. The molecule has 2 rings (SSSR count). The summed E-state index contributed by atoms with van der Waals surface area (Å²) in [6, 6.07) is 9.12. The highest BCUT2D eigenvalue weighted by atomic mass is 16.5. The number of hydrogen-bond donors (Lipinski definition) is 2. The minimum Gasteiger partial charge on any atom is -0.455 e. The fourth-order valence-corrected chi connectivity index (χ4v) is 1.47. The molecule has 1 aromatic heterocycles. The molecule has 0 radical (unpaired) electrons. The summed E-state index contributed by atoms with van der Waals surface area (Å²) in [7, 11) is 0. The number of nitrogens with two attached hydrogens (primary N) is 1. The van der Waals surface area contributed by atoms with Crippen LogP contribution in [0.5, 0.6) is 11.5 Å². The predicted molar refractivity (Wildman–Crippen MR) is 66.5 cm³/mol. The summed E-state index contributed by atoms with van der Waals surface area (Å²) in [5.74, 6) is 1.19. The van der Waals surface area contributed by atoms with Gasteiger partial charge in [0.2, 0.25) is 0 Å². The van der Waals surface area contributed by atoms with Crippen molar-refractivity contribution < 1.29 is 4.74 Å². The number of aryl methyl sites for hydroxylation is 1. The van der Waals surface area contributed by atoms with Gasteiger partial charge in [-0.05, 0) is 36.8 Å². The zero-order valence-electron chi connectivity index (χ0n) is 9.47. The molecule has 0 unspecified atom stereocenters. The maximum atomic E-state index is 7.49. The minimum absolute atomic E-state index is 0.0103. The van der Waals surface area contributed by atoms with Crippen molar-refractivity contribution in [3.8, 4) is 11.5 Å². The Morgan fingerprint density at radius 1 is 1.35 bits per heavy atom. The lowest BCUT2D eigenvalue weighted by Crippen LogP contribution is -2.12. The van der Waals surface area contributed by atoms with Crippen molar-refractivity contribution in [2.45, 2.75) is 6.92 Å². The average Bonchev–Trinajstić information content (AvgIpc) is 2.30. The van der Waals surface area contributed by atoms with E-state index < -0.39 is 0 Å². The van der Waals surface area contributed by atoms with Gasteiger partial charge in [-0.25, -0.2) is 0 Å². The second kappa shape index (κ2) is 4.65. The van der Waals surface area contributed by atoms with Gasteiger partial charge in [-0.3, -0.25) is 10.4 Å². The molecule has 0 atom stereocenters. The summed E-state index contributed by atoms with van der Waals surface area (Å²) in [6.07, 6.45) is 3.29. The highest BCUT2D eigenvalue weighted by Crippen LogP contribution is 2.25. The number of ether oxygens (including phenoxy) is 1. The molecule has 0 fully saturated rings. The van der Waals surface area contributed by atoms with E-state index in [-0.39, 0.29) is 5.84 Å². The van der Waals surface area contributed by atoms with Gasteiger partial charge in [0, 0.05) is 6.20 Å². The Kier molecular flexibility index (Phi) is 3.05. The first kappa shape index (κ1) is 11.1. The number of nitrogens with zero attached hydrogens (tertiary/aromatic N) is 1. The molecule has 0 saturated heterocycles. The highest BCUT2D eigenvalue weighted by Gasteiger charge is 2.07. The Hall–Kier alpha value is -2.36. The third kappa shape index (κ3) is 2.60. The second-order valence-electron chi connectivity index (χ2n) is 3.70. The van der Waals surface area contributed by atoms with Crippen LogP contribution in [0.4, 0.5) is 0 Å². The molecule has 4 nitrogen and oxygen atoms in total. The molecule has 2 aromatic rings. The van der Waals surface area contributed by atoms with E-state index in [9.17, 15) is 0 Å². The summed E-state index contributed by atoms with van der Waals surface area (Å²) in [4.78, 5) is 3.97. The third-order valence-electron chi connectivity index (χ3n) is 2.29. The van der Waals surface area contributed by atoms with E-state index in [0.717, 1.165) is 5.56 Å². The van der Waals surface area contributed by atoms with Crippen LogP contribution >= 0.6 is 0 Å². The van der Waals surface area contributed by atoms with Gasteiger partial charge >= 0.3 is 0 Å². The van der Waals surface area contributed by atoms with Crippen molar-refractivity contribution >= 4 is 5.84 Å². The number of rotatable bonds is 3. The molecule has 0 spiro atoms. The molecule has 1 aromatic carbocycles. The van der Waals surface area contributed by atoms with Crippen LogP contribution in [0.25, 0.3) is 0 Å². The van der Waals surface area contributed by atoms with Crippen LogP contribution in [0, 0.1) is 12.3 Å². The lowest BCUT2D eigenvalue weighted by molar-refractivity contribution is 0.479. The summed E-state index contributed by atoms with van der Waals surface area (Å²) in [6.45, 7) is 1.96. The zero-order valence-corrected chi connectivity index (χ0v) is 9.47. The molecule has 0 aliphatic rings. The minimum atomic E-state index is -0.0103. The number of nitrogens with one attached hydrogen (secondary N) is 1. The standard InChI is InChI=1S/C13H13N3O/c1-9-4-5-11(13(14)15)12(7-9)17-10-3-2-6-16-8-10/h2-8H,1H3,(H3,14,15). The zero-order chi connectivity index (χ0) is 12.3. The maximum Gasteiger partial charge on any atom is 0.145 e. The van der Waals surface area contributed by atoms with Crippen LogP contribution < -0.4 is 10.5 Å². The van der Waals surface area contributed by atoms with Gasteiger partial charge in [0.15, 0.2) is 0 Å². The molecule has 0 bridgehead atoms. The molecular formula is C13H13N3O. The van der Waals surface area contributed by atoms with Crippen LogP contribution in [-0.2, 0) is 0 Å². The number of nitrogen functional groups attached to an aromatic ring is 1. The van der Waals surface area contributed by atoms with Crippen molar-refractivity contribution in [3.63, 3.8) is 0 Å². The highest BCUT2D eigenvalue weighted by molar-refractivity contribution is 5.97. The second-order valence-corrected chi connectivity index (χ2v) is 3.70. The first-order valence-corrected chi connectivity index (χ1v) is 5.20. The summed E-state index contributed by atoms with van der Waals surface area (Å²) >= 11 is 0. The fourth-order valence-electron chi connectivity index (χ4n) is 1.47. The third-order valence-corrected chi connectivity index (χ3v) is 2.29. The fraction of sp³-hybridized carbons (Fsp3) is 0.0769. The van der Waals surface area contributed by atoms with Gasteiger partial charge < -0.3 is 10.5 Å². The first-order valence-electron chi connectivity index (χ1n) is 5.20. The SMILES string of the molecule is Cc1ccc(C(=N)N)c(Oc2cccnc2)c1. The normalized spacial score (nSPS) is 9.94.